The summed E-state index contributed by atoms with van der Waals surface area (Å²) in [5.41, 5.74) is 3.52. The van der Waals surface area contributed by atoms with Crippen LogP contribution < -0.4 is 4.74 Å². The van der Waals surface area contributed by atoms with Gasteiger partial charge < -0.3 is 4.74 Å². The molecule has 0 amide bonds. The summed E-state index contributed by atoms with van der Waals surface area (Å²) < 4.78 is 5.37. The van der Waals surface area contributed by atoms with Gasteiger partial charge in [-0.05, 0) is 29.2 Å². The molecule has 0 aliphatic carbocycles. The molecule has 0 unspecified atom stereocenters. The molecule has 0 N–H and O–H groups in total. The highest BCUT2D eigenvalue weighted by molar-refractivity contribution is 5.70. The van der Waals surface area contributed by atoms with Gasteiger partial charge in [0.05, 0.1) is 7.11 Å². The normalized spacial score (nSPS) is 10.6. The molecule has 2 rings (SSSR count). The lowest BCUT2D eigenvalue weighted by Gasteiger charge is -2.11. The number of ether oxygens (including phenoxy) is 1. The second-order valence-corrected chi connectivity index (χ2v) is 4.39. The molecule has 0 heterocycles. The van der Waals surface area contributed by atoms with Gasteiger partial charge in [0, 0.05) is 5.56 Å². The van der Waals surface area contributed by atoms with Crippen molar-refractivity contribution in [3.63, 3.8) is 0 Å². The first kappa shape index (κ1) is 11.7. The van der Waals surface area contributed by atoms with E-state index < -0.39 is 0 Å². The summed E-state index contributed by atoms with van der Waals surface area (Å²) in [4.78, 5) is 0. The van der Waals surface area contributed by atoms with Gasteiger partial charge in [0.25, 0.3) is 0 Å². The van der Waals surface area contributed by atoms with Crippen LogP contribution in [0.2, 0.25) is 0 Å². The van der Waals surface area contributed by atoms with Crippen molar-refractivity contribution in [3.05, 3.63) is 54.1 Å². The van der Waals surface area contributed by atoms with E-state index in [1.807, 2.05) is 18.2 Å². The molecular formula is C16H17O. The summed E-state index contributed by atoms with van der Waals surface area (Å²) in [6.07, 6.45) is 0. The Kier molecular flexibility index (Phi) is 3.48. The largest absolute Gasteiger partial charge is 0.496 e. The second kappa shape index (κ2) is 5.05. The minimum atomic E-state index is 0.532. The van der Waals surface area contributed by atoms with E-state index in [-0.39, 0.29) is 0 Å². The van der Waals surface area contributed by atoms with Gasteiger partial charge in [-0.2, -0.15) is 0 Å². The molecule has 0 atom stereocenters. The fourth-order valence-electron chi connectivity index (χ4n) is 1.87. The summed E-state index contributed by atoms with van der Waals surface area (Å²) in [6.45, 7) is 4.40. The second-order valence-electron chi connectivity index (χ2n) is 4.39. The topological polar surface area (TPSA) is 9.23 Å². The Balaban J connectivity index is 2.49. The predicted molar refractivity (Wildman–Crippen MR) is 71.4 cm³/mol. The Labute approximate surface area is 103 Å². The average molecular weight is 225 g/mol. The Morgan fingerprint density at radius 1 is 1.12 bits per heavy atom. The molecule has 2 aromatic rings. The standard InChI is InChI=1S/C16H17O/c1-12(2)13-7-6-8-14(11-13)15-9-4-5-10-16(15)17-3/h4-8,10-12H,1-3H3. The summed E-state index contributed by atoms with van der Waals surface area (Å²) in [6, 6.07) is 17.6. The molecule has 2 aromatic carbocycles. The fourth-order valence-corrected chi connectivity index (χ4v) is 1.87. The van der Waals surface area contributed by atoms with Crippen molar-refractivity contribution in [2.75, 3.05) is 7.11 Å². The maximum atomic E-state index is 5.37. The maximum absolute atomic E-state index is 5.37. The van der Waals surface area contributed by atoms with Gasteiger partial charge in [-0.1, -0.05) is 50.2 Å². The third kappa shape index (κ3) is 2.50. The van der Waals surface area contributed by atoms with Gasteiger partial charge in [-0.25, -0.2) is 0 Å². The smallest absolute Gasteiger partial charge is 0.127 e. The Hall–Kier alpha value is -1.76. The highest BCUT2D eigenvalue weighted by Crippen LogP contribution is 2.30. The minimum absolute atomic E-state index is 0.532. The lowest BCUT2D eigenvalue weighted by molar-refractivity contribution is 0.416. The first-order valence-electron chi connectivity index (χ1n) is 5.87. The molecule has 0 spiro atoms. The lowest BCUT2D eigenvalue weighted by Crippen LogP contribution is -1.90. The fraction of sp³-hybridized carbons (Fsp3) is 0.250. The van der Waals surface area contributed by atoms with Crippen LogP contribution in [0.4, 0.5) is 0 Å². The number of benzene rings is 2. The van der Waals surface area contributed by atoms with Crippen molar-refractivity contribution in [1.29, 1.82) is 0 Å². The minimum Gasteiger partial charge on any atom is -0.496 e. The Bertz CT molecular complexity index is 500. The van der Waals surface area contributed by atoms with E-state index in [0.29, 0.717) is 5.92 Å². The van der Waals surface area contributed by atoms with Gasteiger partial charge in [-0.15, -0.1) is 0 Å². The van der Waals surface area contributed by atoms with E-state index in [4.69, 9.17) is 4.74 Å². The van der Waals surface area contributed by atoms with Crippen molar-refractivity contribution in [1.82, 2.24) is 0 Å². The van der Waals surface area contributed by atoms with Crippen LogP contribution in [0.15, 0.2) is 42.5 Å². The molecule has 0 fully saturated rings. The molecule has 0 saturated carbocycles. The van der Waals surface area contributed by atoms with Crippen molar-refractivity contribution in [2.24, 2.45) is 0 Å². The third-order valence-electron chi connectivity index (χ3n) is 2.88. The zero-order chi connectivity index (χ0) is 12.3. The molecule has 1 radical (unpaired) electrons. The highest BCUT2D eigenvalue weighted by Gasteiger charge is 2.06. The summed E-state index contributed by atoms with van der Waals surface area (Å²) in [5, 5.41) is 0. The summed E-state index contributed by atoms with van der Waals surface area (Å²) >= 11 is 0. The van der Waals surface area contributed by atoms with E-state index in [1.54, 1.807) is 7.11 Å². The molecule has 0 saturated heterocycles. The van der Waals surface area contributed by atoms with Crippen molar-refractivity contribution in [2.45, 2.75) is 19.8 Å². The van der Waals surface area contributed by atoms with Gasteiger partial charge >= 0.3 is 0 Å². The Morgan fingerprint density at radius 2 is 1.94 bits per heavy atom. The predicted octanol–water partition coefficient (Wildman–Crippen LogP) is 4.29. The van der Waals surface area contributed by atoms with Crippen LogP contribution in [0.1, 0.15) is 25.3 Å². The van der Waals surface area contributed by atoms with Crippen molar-refractivity contribution >= 4 is 0 Å². The van der Waals surface area contributed by atoms with E-state index in [2.05, 4.69) is 44.2 Å². The third-order valence-corrected chi connectivity index (χ3v) is 2.88. The zero-order valence-electron chi connectivity index (χ0n) is 10.5. The number of methoxy groups -OCH3 is 1. The summed E-state index contributed by atoms with van der Waals surface area (Å²) in [5.74, 6) is 1.40. The number of hydrogen-bond donors (Lipinski definition) is 0. The van der Waals surface area contributed by atoms with Gasteiger partial charge in [0.2, 0.25) is 0 Å². The van der Waals surface area contributed by atoms with Gasteiger partial charge in [0.15, 0.2) is 0 Å². The molecule has 0 aliphatic heterocycles. The number of rotatable bonds is 3. The molecule has 0 bridgehead atoms. The molecular weight excluding hydrogens is 208 g/mol. The van der Waals surface area contributed by atoms with Crippen molar-refractivity contribution < 1.29 is 4.74 Å². The van der Waals surface area contributed by atoms with Gasteiger partial charge in [-0.3, -0.25) is 0 Å². The van der Waals surface area contributed by atoms with E-state index in [1.165, 1.54) is 5.56 Å². The quantitative estimate of drug-likeness (QED) is 0.757. The maximum Gasteiger partial charge on any atom is 0.127 e. The van der Waals surface area contributed by atoms with Crippen LogP contribution in [-0.2, 0) is 0 Å². The van der Waals surface area contributed by atoms with E-state index >= 15 is 0 Å². The van der Waals surface area contributed by atoms with Crippen LogP contribution in [0.5, 0.6) is 5.75 Å². The van der Waals surface area contributed by atoms with E-state index in [0.717, 1.165) is 16.9 Å². The van der Waals surface area contributed by atoms with Crippen LogP contribution in [-0.4, -0.2) is 7.11 Å². The SMILES string of the molecule is COc1ccc[c]c1-c1cccc(C(C)C)c1. The average Bonchev–Trinajstić information content (AvgIpc) is 2.39. The Morgan fingerprint density at radius 3 is 2.65 bits per heavy atom. The molecule has 87 valence electrons. The van der Waals surface area contributed by atoms with E-state index in [9.17, 15) is 0 Å². The van der Waals surface area contributed by atoms with Crippen LogP contribution in [0.3, 0.4) is 0 Å². The first-order valence-corrected chi connectivity index (χ1v) is 5.87. The molecule has 1 nitrogen and oxygen atoms in total. The monoisotopic (exact) mass is 225 g/mol. The number of hydrogen-bond acceptors (Lipinski definition) is 1. The highest BCUT2D eigenvalue weighted by atomic mass is 16.5. The lowest BCUT2D eigenvalue weighted by atomic mass is 9.97. The van der Waals surface area contributed by atoms with Crippen molar-refractivity contribution in [3.8, 4) is 16.9 Å². The van der Waals surface area contributed by atoms with Gasteiger partial charge in [0.1, 0.15) is 5.75 Å². The molecule has 1 heteroatoms. The van der Waals surface area contributed by atoms with Crippen LogP contribution >= 0.6 is 0 Å². The van der Waals surface area contributed by atoms with Crippen LogP contribution in [0, 0.1) is 6.07 Å². The molecule has 0 aromatic heterocycles. The molecule has 17 heavy (non-hydrogen) atoms. The molecule has 0 aliphatic rings. The summed E-state index contributed by atoms with van der Waals surface area (Å²) in [7, 11) is 1.69. The van der Waals surface area contributed by atoms with Crippen LogP contribution in [0.25, 0.3) is 11.1 Å². The zero-order valence-corrected chi connectivity index (χ0v) is 10.5. The first-order chi connectivity index (χ1) is 8.22.